The number of pyridine rings is 1. The lowest BCUT2D eigenvalue weighted by atomic mass is 10.2. The molecule has 0 amide bonds. The van der Waals surface area contributed by atoms with Crippen LogP contribution in [0.1, 0.15) is 12.6 Å². The monoisotopic (exact) mass is 371 g/mol. The van der Waals surface area contributed by atoms with Gasteiger partial charge in [-0.25, -0.2) is 14.4 Å². The van der Waals surface area contributed by atoms with Gasteiger partial charge in [-0.3, -0.25) is 0 Å². The first-order valence-electron chi connectivity index (χ1n) is 9.24. The third-order valence-electron chi connectivity index (χ3n) is 4.49. The second-order valence-electron chi connectivity index (χ2n) is 6.27. The Balaban J connectivity index is 1.64. The molecule has 0 spiro atoms. The van der Waals surface area contributed by atoms with Gasteiger partial charge in [-0.2, -0.15) is 0 Å². The number of ether oxygens (including phenoxy) is 1. The zero-order chi connectivity index (χ0) is 19.1. The molecular weight excluding hydrogens is 345 g/mol. The van der Waals surface area contributed by atoms with Crippen LogP contribution in [0.25, 0.3) is 0 Å². The van der Waals surface area contributed by atoms with Gasteiger partial charge in [0.1, 0.15) is 5.82 Å². The lowest BCUT2D eigenvalue weighted by Gasteiger charge is -2.37. The number of halogens is 1. The van der Waals surface area contributed by atoms with E-state index in [1.165, 1.54) is 6.07 Å². The molecule has 0 unspecified atom stereocenters. The van der Waals surface area contributed by atoms with Crippen LogP contribution in [0.4, 0.5) is 10.1 Å². The normalized spacial score (nSPS) is 15.0. The van der Waals surface area contributed by atoms with Crippen molar-refractivity contribution in [1.82, 2.24) is 15.2 Å². The molecule has 1 fully saturated rings. The van der Waals surface area contributed by atoms with Gasteiger partial charge in [-0.05, 0) is 25.1 Å². The summed E-state index contributed by atoms with van der Waals surface area (Å²) < 4.78 is 19.2. The molecule has 0 atom stereocenters. The minimum atomic E-state index is -0.171. The first-order chi connectivity index (χ1) is 13.2. The number of guanidine groups is 1. The van der Waals surface area contributed by atoms with Crippen LogP contribution < -0.4 is 15.0 Å². The number of aliphatic imine (C=N–C) groups is 1. The van der Waals surface area contributed by atoms with Crippen molar-refractivity contribution in [3.63, 3.8) is 0 Å². The Hall–Kier alpha value is -2.83. The third-order valence-corrected chi connectivity index (χ3v) is 4.49. The van der Waals surface area contributed by atoms with Crippen molar-refractivity contribution in [3.05, 3.63) is 54.0 Å². The fourth-order valence-electron chi connectivity index (χ4n) is 3.11. The number of hydrogen-bond acceptors (Lipinski definition) is 4. The van der Waals surface area contributed by atoms with Crippen molar-refractivity contribution < 1.29 is 9.13 Å². The van der Waals surface area contributed by atoms with Gasteiger partial charge < -0.3 is 19.9 Å². The highest BCUT2D eigenvalue weighted by Crippen LogP contribution is 2.20. The Morgan fingerprint density at radius 3 is 2.63 bits per heavy atom. The molecule has 0 saturated carbocycles. The molecule has 0 radical (unpaired) electrons. The average Bonchev–Trinajstić information content (AvgIpc) is 2.72. The molecule has 1 aromatic heterocycles. The summed E-state index contributed by atoms with van der Waals surface area (Å²) in [5, 5.41) is 3.34. The molecule has 2 aromatic rings. The summed E-state index contributed by atoms with van der Waals surface area (Å²) in [6.45, 7) is 6.39. The highest BCUT2D eigenvalue weighted by Gasteiger charge is 2.21. The van der Waals surface area contributed by atoms with E-state index in [0.717, 1.165) is 44.4 Å². The average molecular weight is 371 g/mol. The fraction of sp³-hybridized carbons (Fsp3) is 0.400. The van der Waals surface area contributed by atoms with Gasteiger partial charge in [0.05, 0.1) is 25.0 Å². The maximum Gasteiger partial charge on any atom is 0.213 e. The molecular formula is C20H26FN5O. The molecule has 2 heterocycles. The molecule has 1 aliphatic heterocycles. The van der Waals surface area contributed by atoms with Crippen molar-refractivity contribution in [2.45, 2.75) is 13.5 Å². The van der Waals surface area contributed by atoms with Crippen LogP contribution in [0.2, 0.25) is 0 Å². The Morgan fingerprint density at radius 1 is 1.15 bits per heavy atom. The van der Waals surface area contributed by atoms with Gasteiger partial charge in [-0.15, -0.1) is 0 Å². The number of nitrogens with zero attached hydrogens (tertiary/aromatic N) is 4. The van der Waals surface area contributed by atoms with Crippen LogP contribution in [-0.4, -0.2) is 55.7 Å². The Morgan fingerprint density at radius 2 is 1.93 bits per heavy atom. The van der Waals surface area contributed by atoms with E-state index in [4.69, 9.17) is 9.73 Å². The van der Waals surface area contributed by atoms with E-state index < -0.39 is 0 Å². The lowest BCUT2D eigenvalue weighted by Crippen LogP contribution is -2.52. The molecule has 1 aromatic carbocycles. The zero-order valence-electron chi connectivity index (χ0n) is 15.9. The van der Waals surface area contributed by atoms with Crippen molar-refractivity contribution in [2.24, 2.45) is 4.99 Å². The van der Waals surface area contributed by atoms with Gasteiger partial charge in [0.15, 0.2) is 5.96 Å². The number of methoxy groups -OCH3 is 1. The summed E-state index contributed by atoms with van der Waals surface area (Å²) in [4.78, 5) is 13.4. The van der Waals surface area contributed by atoms with E-state index in [1.807, 2.05) is 30.3 Å². The van der Waals surface area contributed by atoms with E-state index >= 15 is 0 Å². The van der Waals surface area contributed by atoms with Crippen LogP contribution in [0.3, 0.4) is 0 Å². The molecule has 1 saturated heterocycles. The molecule has 7 heteroatoms. The number of aromatic nitrogens is 1. The van der Waals surface area contributed by atoms with E-state index in [-0.39, 0.29) is 5.82 Å². The summed E-state index contributed by atoms with van der Waals surface area (Å²) in [6.07, 6.45) is 0. The quantitative estimate of drug-likeness (QED) is 0.647. The van der Waals surface area contributed by atoms with Gasteiger partial charge >= 0.3 is 0 Å². The molecule has 6 nitrogen and oxygen atoms in total. The summed E-state index contributed by atoms with van der Waals surface area (Å²) >= 11 is 0. The predicted octanol–water partition coefficient (Wildman–Crippen LogP) is 2.52. The van der Waals surface area contributed by atoms with Crippen LogP contribution in [0.15, 0.2) is 47.5 Å². The molecule has 1 aliphatic rings. The lowest BCUT2D eigenvalue weighted by molar-refractivity contribution is 0.370. The van der Waals surface area contributed by atoms with Crippen molar-refractivity contribution in [1.29, 1.82) is 0 Å². The molecule has 1 N–H and O–H groups in total. The van der Waals surface area contributed by atoms with Crippen LogP contribution in [0.5, 0.6) is 5.88 Å². The summed E-state index contributed by atoms with van der Waals surface area (Å²) in [5.74, 6) is 1.28. The molecule has 27 heavy (non-hydrogen) atoms. The minimum Gasteiger partial charge on any atom is -0.481 e. The number of nitrogens with one attached hydrogen (secondary N) is 1. The minimum absolute atomic E-state index is 0.171. The standard InChI is InChI=1S/C20H26FN5O/c1-3-22-20(23-15-16-7-6-10-19(24-16)27-2)26-13-11-25(12-14-26)18-9-5-4-8-17(18)21/h4-10H,3,11-15H2,1-2H3,(H,22,23). The maximum absolute atomic E-state index is 14.0. The van der Waals surface area contributed by atoms with Crippen LogP contribution in [0, 0.1) is 5.82 Å². The molecule has 144 valence electrons. The zero-order valence-corrected chi connectivity index (χ0v) is 15.9. The van der Waals surface area contributed by atoms with E-state index in [1.54, 1.807) is 13.2 Å². The molecule has 0 bridgehead atoms. The molecule has 3 rings (SSSR count). The number of piperazine rings is 1. The maximum atomic E-state index is 14.0. The highest BCUT2D eigenvalue weighted by atomic mass is 19.1. The van der Waals surface area contributed by atoms with Gasteiger partial charge in [0, 0.05) is 38.8 Å². The summed E-state index contributed by atoms with van der Waals surface area (Å²) in [6, 6.07) is 12.6. The largest absolute Gasteiger partial charge is 0.481 e. The number of benzene rings is 1. The number of para-hydroxylation sites is 1. The SMILES string of the molecule is CCNC(=NCc1cccc(OC)n1)N1CCN(c2ccccc2F)CC1. The van der Waals surface area contributed by atoms with Gasteiger partial charge in [0.25, 0.3) is 0 Å². The van der Waals surface area contributed by atoms with E-state index in [9.17, 15) is 4.39 Å². The summed E-state index contributed by atoms with van der Waals surface area (Å²) in [5.41, 5.74) is 1.52. The van der Waals surface area contributed by atoms with E-state index in [2.05, 4.69) is 27.0 Å². The van der Waals surface area contributed by atoms with Crippen LogP contribution >= 0.6 is 0 Å². The second kappa shape index (κ2) is 9.21. The Kier molecular flexibility index (Phi) is 6.46. The Bertz CT molecular complexity index is 774. The number of anilines is 1. The fourth-order valence-corrected chi connectivity index (χ4v) is 3.11. The number of rotatable bonds is 5. The topological polar surface area (TPSA) is 53.0 Å². The highest BCUT2D eigenvalue weighted by molar-refractivity contribution is 5.80. The smallest absolute Gasteiger partial charge is 0.213 e. The van der Waals surface area contributed by atoms with Gasteiger partial charge in [0.2, 0.25) is 5.88 Å². The van der Waals surface area contributed by atoms with Crippen molar-refractivity contribution in [3.8, 4) is 5.88 Å². The van der Waals surface area contributed by atoms with Crippen molar-refractivity contribution >= 4 is 11.6 Å². The van der Waals surface area contributed by atoms with Gasteiger partial charge in [-0.1, -0.05) is 18.2 Å². The first-order valence-corrected chi connectivity index (χ1v) is 9.24. The third kappa shape index (κ3) is 4.87. The molecule has 0 aliphatic carbocycles. The number of hydrogen-bond donors (Lipinski definition) is 1. The summed E-state index contributed by atoms with van der Waals surface area (Å²) in [7, 11) is 1.61. The predicted molar refractivity (Wildman–Crippen MR) is 106 cm³/mol. The Labute approximate surface area is 159 Å². The first kappa shape index (κ1) is 18.9. The van der Waals surface area contributed by atoms with Crippen molar-refractivity contribution in [2.75, 3.05) is 44.7 Å². The second-order valence-corrected chi connectivity index (χ2v) is 6.27. The van der Waals surface area contributed by atoms with E-state index in [0.29, 0.717) is 18.1 Å². The van der Waals surface area contributed by atoms with Crippen LogP contribution in [-0.2, 0) is 6.54 Å².